The number of hydrogen-bond donors (Lipinski definition) is 0. The van der Waals surface area contributed by atoms with Gasteiger partial charge in [-0.25, -0.2) is 0 Å². The lowest BCUT2D eigenvalue weighted by Gasteiger charge is -2.46. The van der Waals surface area contributed by atoms with Crippen molar-refractivity contribution in [3.63, 3.8) is 0 Å². The third-order valence-electron chi connectivity index (χ3n) is 8.42. The summed E-state index contributed by atoms with van der Waals surface area (Å²) in [5.74, 6) is 0.235. The fraction of sp³-hybridized carbons (Fsp3) is 0.636. The lowest BCUT2D eigenvalue weighted by atomic mass is 9.68. The van der Waals surface area contributed by atoms with Crippen LogP contribution in [0.25, 0.3) is 0 Å². The minimum Gasteiger partial charge on any atom is -0.298 e. The van der Waals surface area contributed by atoms with Crippen LogP contribution in [-0.4, -0.2) is 46.8 Å². The SMILES string of the molecule is CC1(C)C2CCC1(C)C(N1CCCC1)[C@@H]2N1C(=O)c2ccccc2C1=O. The highest BCUT2D eigenvalue weighted by Crippen LogP contribution is 2.68. The molecule has 5 rings (SSSR count). The summed E-state index contributed by atoms with van der Waals surface area (Å²) in [6.45, 7) is 9.34. The van der Waals surface area contributed by atoms with Gasteiger partial charge in [0.1, 0.15) is 0 Å². The Labute approximate surface area is 155 Å². The van der Waals surface area contributed by atoms with E-state index in [2.05, 4.69) is 25.7 Å². The zero-order valence-corrected chi connectivity index (χ0v) is 16.0. The molecule has 3 fully saturated rings. The average Bonchev–Trinajstić information content (AvgIpc) is 3.31. The summed E-state index contributed by atoms with van der Waals surface area (Å²) in [4.78, 5) is 30.7. The fourth-order valence-electron chi connectivity index (χ4n) is 6.72. The first-order valence-corrected chi connectivity index (χ1v) is 10.1. The summed E-state index contributed by atoms with van der Waals surface area (Å²) in [5, 5.41) is 0. The molecule has 2 aliphatic carbocycles. The number of rotatable bonds is 2. The molecule has 4 aliphatic rings. The lowest BCUT2D eigenvalue weighted by Crippen LogP contribution is -2.58. The second kappa shape index (κ2) is 5.19. The highest BCUT2D eigenvalue weighted by molar-refractivity contribution is 6.21. The van der Waals surface area contributed by atoms with Crippen molar-refractivity contribution in [2.24, 2.45) is 16.7 Å². The largest absolute Gasteiger partial charge is 0.298 e. The van der Waals surface area contributed by atoms with Crippen LogP contribution >= 0.6 is 0 Å². The summed E-state index contributed by atoms with van der Waals surface area (Å²) >= 11 is 0. The van der Waals surface area contributed by atoms with Gasteiger partial charge in [-0.1, -0.05) is 32.9 Å². The maximum Gasteiger partial charge on any atom is 0.261 e. The predicted octanol–water partition coefficient (Wildman–Crippen LogP) is 3.57. The van der Waals surface area contributed by atoms with E-state index in [0.29, 0.717) is 23.1 Å². The van der Waals surface area contributed by atoms with Crippen molar-refractivity contribution >= 4 is 11.8 Å². The quantitative estimate of drug-likeness (QED) is 0.764. The van der Waals surface area contributed by atoms with Gasteiger partial charge in [0.05, 0.1) is 17.2 Å². The standard InChI is InChI=1S/C22H28N2O2/c1-21(2)16-10-11-22(21,3)18(23-12-6-7-13-23)17(16)24-19(25)14-8-4-5-9-15(14)20(24)26/h4-5,8-9,16-18H,6-7,10-13H2,1-3H3/t16?,17-,18?,22?/m1/s1. The first kappa shape index (κ1) is 16.5. The van der Waals surface area contributed by atoms with Gasteiger partial charge in [0, 0.05) is 6.04 Å². The molecule has 0 spiro atoms. The van der Waals surface area contributed by atoms with E-state index in [4.69, 9.17) is 0 Å². The number of imide groups is 1. The molecule has 2 saturated carbocycles. The van der Waals surface area contributed by atoms with Crippen LogP contribution in [0.4, 0.5) is 0 Å². The molecule has 4 atom stereocenters. The molecule has 2 heterocycles. The van der Waals surface area contributed by atoms with E-state index in [0.717, 1.165) is 19.5 Å². The molecule has 138 valence electrons. The average molecular weight is 352 g/mol. The van der Waals surface area contributed by atoms with E-state index >= 15 is 0 Å². The molecule has 0 radical (unpaired) electrons. The Morgan fingerprint density at radius 1 is 0.962 bits per heavy atom. The van der Waals surface area contributed by atoms with E-state index in [1.807, 2.05) is 12.1 Å². The number of likely N-dealkylation sites (tertiary alicyclic amines) is 1. The molecule has 0 aromatic heterocycles. The van der Waals surface area contributed by atoms with Gasteiger partial charge in [-0.15, -0.1) is 0 Å². The summed E-state index contributed by atoms with van der Waals surface area (Å²) in [7, 11) is 0. The van der Waals surface area contributed by atoms with Crippen molar-refractivity contribution in [2.45, 2.75) is 58.5 Å². The zero-order valence-electron chi connectivity index (χ0n) is 16.0. The molecular weight excluding hydrogens is 324 g/mol. The number of fused-ring (bicyclic) bond motifs is 3. The van der Waals surface area contributed by atoms with Gasteiger partial charge in [0.25, 0.3) is 11.8 Å². The van der Waals surface area contributed by atoms with Gasteiger partial charge < -0.3 is 0 Å². The molecule has 3 unspecified atom stereocenters. The molecule has 2 bridgehead atoms. The van der Waals surface area contributed by atoms with Crippen LogP contribution < -0.4 is 0 Å². The van der Waals surface area contributed by atoms with Gasteiger partial charge in [-0.2, -0.15) is 0 Å². The minimum absolute atomic E-state index is 0.00856. The van der Waals surface area contributed by atoms with E-state index in [9.17, 15) is 9.59 Å². The monoisotopic (exact) mass is 352 g/mol. The second-order valence-electron chi connectivity index (χ2n) is 9.49. The van der Waals surface area contributed by atoms with Gasteiger partial charge in [-0.05, 0) is 67.7 Å². The highest BCUT2D eigenvalue weighted by atomic mass is 16.2. The van der Waals surface area contributed by atoms with Crippen molar-refractivity contribution in [2.75, 3.05) is 13.1 Å². The van der Waals surface area contributed by atoms with E-state index < -0.39 is 0 Å². The van der Waals surface area contributed by atoms with Gasteiger partial charge in [-0.3, -0.25) is 19.4 Å². The minimum atomic E-state index is -0.0771. The Morgan fingerprint density at radius 3 is 2.12 bits per heavy atom. The first-order chi connectivity index (χ1) is 12.4. The van der Waals surface area contributed by atoms with E-state index in [1.165, 1.54) is 19.3 Å². The molecule has 4 nitrogen and oxygen atoms in total. The number of nitrogens with zero attached hydrogens (tertiary/aromatic N) is 2. The molecule has 4 heteroatoms. The summed E-state index contributed by atoms with van der Waals surface area (Å²) in [6, 6.07) is 7.63. The molecule has 1 aromatic carbocycles. The Morgan fingerprint density at radius 2 is 1.54 bits per heavy atom. The molecule has 1 aromatic rings. The van der Waals surface area contributed by atoms with Crippen molar-refractivity contribution in [1.82, 2.24) is 9.80 Å². The summed E-state index contributed by atoms with van der Waals surface area (Å²) in [5.41, 5.74) is 1.47. The second-order valence-corrected chi connectivity index (χ2v) is 9.49. The maximum absolute atomic E-state index is 13.2. The Balaban J connectivity index is 1.62. The van der Waals surface area contributed by atoms with Crippen LogP contribution in [0.15, 0.2) is 24.3 Å². The number of carbonyl (C=O) groups excluding carboxylic acids is 2. The van der Waals surface area contributed by atoms with Crippen molar-refractivity contribution < 1.29 is 9.59 Å². The summed E-state index contributed by atoms with van der Waals surface area (Å²) < 4.78 is 0. The smallest absolute Gasteiger partial charge is 0.261 e. The van der Waals surface area contributed by atoms with Crippen LogP contribution in [0.2, 0.25) is 0 Å². The van der Waals surface area contributed by atoms with Crippen LogP contribution in [0, 0.1) is 16.7 Å². The highest BCUT2D eigenvalue weighted by Gasteiger charge is 2.70. The van der Waals surface area contributed by atoms with Gasteiger partial charge >= 0.3 is 0 Å². The topological polar surface area (TPSA) is 40.6 Å². The Hall–Kier alpha value is -1.68. The Bertz CT molecular complexity index is 760. The molecule has 2 amide bonds. The molecule has 0 N–H and O–H groups in total. The predicted molar refractivity (Wildman–Crippen MR) is 99.9 cm³/mol. The third-order valence-corrected chi connectivity index (χ3v) is 8.42. The van der Waals surface area contributed by atoms with Gasteiger partial charge in [0.15, 0.2) is 0 Å². The van der Waals surface area contributed by atoms with Crippen molar-refractivity contribution in [3.8, 4) is 0 Å². The fourth-order valence-corrected chi connectivity index (χ4v) is 6.72. The molecule has 26 heavy (non-hydrogen) atoms. The third kappa shape index (κ3) is 1.79. The van der Waals surface area contributed by atoms with E-state index in [-0.39, 0.29) is 28.7 Å². The van der Waals surface area contributed by atoms with E-state index in [1.54, 1.807) is 17.0 Å². The zero-order chi connectivity index (χ0) is 18.3. The van der Waals surface area contributed by atoms with Crippen LogP contribution in [0.1, 0.15) is 67.2 Å². The van der Waals surface area contributed by atoms with Crippen molar-refractivity contribution in [1.29, 1.82) is 0 Å². The molecule has 2 aliphatic heterocycles. The summed E-state index contributed by atoms with van der Waals surface area (Å²) in [6.07, 6.45) is 4.77. The molecule has 1 saturated heterocycles. The van der Waals surface area contributed by atoms with Crippen LogP contribution in [0.5, 0.6) is 0 Å². The number of amides is 2. The van der Waals surface area contributed by atoms with Crippen LogP contribution in [-0.2, 0) is 0 Å². The number of hydrogen-bond acceptors (Lipinski definition) is 3. The first-order valence-electron chi connectivity index (χ1n) is 10.1. The van der Waals surface area contributed by atoms with Crippen molar-refractivity contribution in [3.05, 3.63) is 35.4 Å². The lowest BCUT2D eigenvalue weighted by molar-refractivity contribution is 0.0172. The normalized spacial score (nSPS) is 38.4. The number of benzene rings is 1. The van der Waals surface area contributed by atoms with Crippen LogP contribution in [0.3, 0.4) is 0 Å². The maximum atomic E-state index is 13.2. The van der Waals surface area contributed by atoms with Gasteiger partial charge in [0.2, 0.25) is 0 Å². The molecular formula is C22H28N2O2. The Kier molecular flexibility index (Phi) is 3.29. The number of carbonyl (C=O) groups is 2.